The molecule has 0 aliphatic carbocycles. The summed E-state index contributed by atoms with van der Waals surface area (Å²) in [6.45, 7) is 3.96. The lowest BCUT2D eigenvalue weighted by Gasteiger charge is -2.10. The first kappa shape index (κ1) is 22.6. The van der Waals surface area contributed by atoms with Gasteiger partial charge in [-0.3, -0.25) is 9.59 Å². The Morgan fingerprint density at radius 2 is 1.94 bits per heavy atom. The summed E-state index contributed by atoms with van der Waals surface area (Å²) in [6.07, 6.45) is 4.92. The van der Waals surface area contributed by atoms with Crippen molar-refractivity contribution in [3.8, 4) is 0 Å². The van der Waals surface area contributed by atoms with E-state index in [1.807, 2.05) is 6.92 Å². The largest absolute Gasteiger partial charge is 0.456 e. The molecule has 0 unspecified atom stereocenters. The highest BCUT2D eigenvalue weighted by Crippen LogP contribution is 2.18. The zero-order valence-electron chi connectivity index (χ0n) is 17.7. The van der Waals surface area contributed by atoms with Crippen molar-refractivity contribution in [1.82, 2.24) is 14.6 Å². The molecule has 9 heteroatoms. The third-order valence-electron chi connectivity index (χ3n) is 4.61. The summed E-state index contributed by atoms with van der Waals surface area (Å²) in [5, 5.41) is 7.92. The number of aromatic nitrogens is 3. The maximum atomic E-state index is 12.6. The molecule has 0 radical (unpaired) electrons. The molecule has 3 rings (SSSR count). The summed E-state index contributed by atoms with van der Waals surface area (Å²) < 4.78 is 6.66. The van der Waals surface area contributed by atoms with Crippen LogP contribution in [-0.4, -0.2) is 26.5 Å². The first-order chi connectivity index (χ1) is 15.0. The lowest BCUT2D eigenvalue weighted by molar-refractivity contribution is -0.116. The minimum Gasteiger partial charge on any atom is -0.456 e. The second-order valence-electron chi connectivity index (χ2n) is 7.15. The number of nitrogens with one attached hydrogen (secondary N) is 1. The van der Waals surface area contributed by atoms with Crippen molar-refractivity contribution in [3.05, 3.63) is 57.0 Å². The Kier molecular flexibility index (Phi) is 7.88. The number of para-hydroxylation sites is 1. The molecule has 1 amide bonds. The van der Waals surface area contributed by atoms with Crippen LogP contribution in [0.15, 0.2) is 35.1 Å². The minimum atomic E-state index is -0.596. The first-order valence-electron chi connectivity index (χ1n) is 10.5. The second-order valence-corrected chi connectivity index (χ2v) is 8.19. The van der Waals surface area contributed by atoms with Gasteiger partial charge in [-0.05, 0) is 25.0 Å². The number of benzene rings is 1. The van der Waals surface area contributed by atoms with E-state index >= 15 is 0 Å². The van der Waals surface area contributed by atoms with Gasteiger partial charge in [0.2, 0.25) is 10.9 Å². The van der Waals surface area contributed by atoms with E-state index in [1.165, 1.54) is 21.9 Å². The van der Waals surface area contributed by atoms with Crippen LogP contribution in [0, 0.1) is 0 Å². The number of esters is 1. The maximum absolute atomic E-state index is 12.6. The molecule has 1 aromatic carbocycles. The fraction of sp³-hybridized carbons (Fsp3) is 0.409. The van der Waals surface area contributed by atoms with Gasteiger partial charge in [0.05, 0.1) is 16.9 Å². The van der Waals surface area contributed by atoms with Crippen LogP contribution in [0.25, 0.3) is 4.96 Å². The number of anilines is 1. The van der Waals surface area contributed by atoms with Gasteiger partial charge in [-0.1, -0.05) is 50.2 Å². The van der Waals surface area contributed by atoms with Gasteiger partial charge in [-0.15, -0.1) is 0 Å². The van der Waals surface area contributed by atoms with E-state index in [1.54, 1.807) is 24.3 Å². The van der Waals surface area contributed by atoms with E-state index in [-0.39, 0.29) is 23.6 Å². The Labute approximate surface area is 184 Å². The Morgan fingerprint density at radius 3 is 2.71 bits per heavy atom. The average Bonchev–Trinajstić information content (AvgIpc) is 3.18. The molecule has 0 atom stereocenters. The summed E-state index contributed by atoms with van der Waals surface area (Å²) in [4.78, 5) is 41.9. The van der Waals surface area contributed by atoms with Gasteiger partial charge in [-0.25, -0.2) is 9.78 Å². The van der Waals surface area contributed by atoms with Gasteiger partial charge >= 0.3 is 5.97 Å². The number of hydrogen-bond donors (Lipinski definition) is 1. The van der Waals surface area contributed by atoms with Gasteiger partial charge in [0.15, 0.2) is 0 Å². The third-order valence-corrected chi connectivity index (χ3v) is 5.58. The van der Waals surface area contributed by atoms with Crippen LogP contribution in [0.2, 0.25) is 0 Å². The Bertz CT molecular complexity index is 1120. The number of carbonyl (C=O) groups is 2. The zero-order valence-corrected chi connectivity index (χ0v) is 18.5. The molecule has 0 saturated heterocycles. The lowest BCUT2D eigenvalue weighted by Crippen LogP contribution is -2.18. The fourth-order valence-electron chi connectivity index (χ4n) is 2.94. The molecule has 0 bridgehead atoms. The second kappa shape index (κ2) is 10.8. The van der Waals surface area contributed by atoms with Gasteiger partial charge in [0.1, 0.15) is 11.6 Å². The van der Waals surface area contributed by atoms with E-state index in [0.29, 0.717) is 22.8 Å². The highest BCUT2D eigenvalue weighted by Gasteiger charge is 2.16. The number of aryl methyl sites for hydroxylation is 1. The summed E-state index contributed by atoms with van der Waals surface area (Å²) in [5.41, 5.74) is 0.706. The van der Waals surface area contributed by atoms with Crippen LogP contribution in [0.3, 0.4) is 0 Å². The molecule has 0 spiro atoms. The molecule has 0 saturated carbocycles. The van der Waals surface area contributed by atoms with Crippen molar-refractivity contribution in [2.45, 2.75) is 59.0 Å². The number of ether oxygens (including phenoxy) is 1. The van der Waals surface area contributed by atoms with E-state index in [9.17, 15) is 14.4 Å². The molecular formula is C22H26N4O4S. The number of amides is 1. The van der Waals surface area contributed by atoms with Crippen molar-refractivity contribution < 1.29 is 14.3 Å². The van der Waals surface area contributed by atoms with Gasteiger partial charge in [-0.2, -0.15) is 9.61 Å². The number of fused-ring (bicyclic) bond motifs is 1. The molecule has 2 aromatic heterocycles. The monoisotopic (exact) mass is 442 g/mol. The Morgan fingerprint density at radius 1 is 1.16 bits per heavy atom. The summed E-state index contributed by atoms with van der Waals surface area (Å²) in [7, 11) is 0. The van der Waals surface area contributed by atoms with Crippen LogP contribution < -0.4 is 10.9 Å². The molecule has 31 heavy (non-hydrogen) atoms. The van der Waals surface area contributed by atoms with E-state index in [0.717, 1.165) is 37.1 Å². The van der Waals surface area contributed by atoms with Crippen LogP contribution in [0.4, 0.5) is 5.69 Å². The minimum absolute atomic E-state index is 0.147. The molecule has 0 fully saturated rings. The highest BCUT2D eigenvalue weighted by molar-refractivity contribution is 7.16. The molecule has 164 valence electrons. The van der Waals surface area contributed by atoms with Crippen molar-refractivity contribution in [1.29, 1.82) is 0 Å². The predicted octanol–water partition coefficient (Wildman–Crippen LogP) is 3.98. The molecule has 0 aliphatic heterocycles. The molecular weight excluding hydrogens is 416 g/mol. The Balaban J connectivity index is 1.70. The Hall–Kier alpha value is -3.07. The molecule has 8 nitrogen and oxygen atoms in total. The zero-order chi connectivity index (χ0) is 22.2. The summed E-state index contributed by atoms with van der Waals surface area (Å²) in [5.74, 6) is -0.743. The van der Waals surface area contributed by atoms with E-state index in [2.05, 4.69) is 22.3 Å². The smallest absolute Gasteiger partial charge is 0.340 e. The summed E-state index contributed by atoms with van der Waals surface area (Å²) in [6, 6.07) is 8.01. The summed E-state index contributed by atoms with van der Waals surface area (Å²) >= 11 is 1.36. The maximum Gasteiger partial charge on any atom is 0.340 e. The SMILES string of the molecule is CCCCC(=O)Nc1ccccc1C(=O)OCc1cc(=O)n2nc(CCCC)sc2n1. The van der Waals surface area contributed by atoms with E-state index in [4.69, 9.17) is 4.74 Å². The topological polar surface area (TPSA) is 103 Å². The van der Waals surface area contributed by atoms with Crippen molar-refractivity contribution in [2.75, 3.05) is 5.32 Å². The predicted molar refractivity (Wildman–Crippen MR) is 119 cm³/mol. The first-order valence-corrected chi connectivity index (χ1v) is 11.3. The van der Waals surface area contributed by atoms with Crippen molar-refractivity contribution >= 4 is 33.9 Å². The standard InChI is InChI=1S/C22H26N4O4S/c1-3-5-11-18(27)24-17-10-8-7-9-16(17)21(29)30-14-15-13-20(28)26-22(23-15)31-19(25-26)12-6-4-2/h7-10,13H,3-6,11-12,14H2,1-2H3,(H,24,27). The third kappa shape index (κ3) is 5.97. The van der Waals surface area contributed by atoms with Crippen molar-refractivity contribution in [3.63, 3.8) is 0 Å². The molecule has 2 heterocycles. The van der Waals surface area contributed by atoms with Crippen LogP contribution in [0.5, 0.6) is 0 Å². The number of unbranched alkanes of at least 4 members (excludes halogenated alkanes) is 2. The van der Waals surface area contributed by atoms with Gasteiger partial charge in [0.25, 0.3) is 5.56 Å². The lowest BCUT2D eigenvalue weighted by atomic mass is 10.1. The van der Waals surface area contributed by atoms with E-state index < -0.39 is 5.97 Å². The molecule has 0 aliphatic rings. The van der Waals surface area contributed by atoms with Crippen LogP contribution in [0.1, 0.15) is 67.0 Å². The number of carbonyl (C=O) groups excluding carboxylic acids is 2. The molecule has 3 aromatic rings. The quantitative estimate of drug-likeness (QED) is 0.477. The fourth-order valence-corrected chi connectivity index (χ4v) is 3.90. The molecule has 1 N–H and O–H groups in total. The normalized spacial score (nSPS) is 10.9. The van der Waals surface area contributed by atoms with Gasteiger partial charge in [0, 0.05) is 18.9 Å². The van der Waals surface area contributed by atoms with Gasteiger partial charge < -0.3 is 10.1 Å². The number of rotatable bonds is 10. The van der Waals surface area contributed by atoms with Crippen LogP contribution >= 0.6 is 11.3 Å². The van der Waals surface area contributed by atoms with Crippen molar-refractivity contribution in [2.24, 2.45) is 0 Å². The number of hydrogen-bond acceptors (Lipinski definition) is 7. The average molecular weight is 443 g/mol. The van der Waals surface area contributed by atoms with Crippen LogP contribution in [-0.2, 0) is 22.6 Å². The number of nitrogens with zero attached hydrogens (tertiary/aromatic N) is 3. The highest BCUT2D eigenvalue weighted by atomic mass is 32.1.